The van der Waals surface area contributed by atoms with Crippen LogP contribution in [0.15, 0.2) is 18.3 Å². The highest BCUT2D eigenvalue weighted by molar-refractivity contribution is 7.12. The third kappa shape index (κ3) is 3.48. The van der Waals surface area contributed by atoms with Crippen LogP contribution in [0.25, 0.3) is 12.2 Å². The second kappa shape index (κ2) is 5.95. The van der Waals surface area contributed by atoms with Crippen molar-refractivity contribution in [1.29, 1.82) is 5.26 Å². The Labute approximate surface area is 126 Å². The van der Waals surface area contributed by atoms with Gasteiger partial charge in [-0.1, -0.05) is 0 Å². The summed E-state index contributed by atoms with van der Waals surface area (Å²) in [7, 11) is 0. The molecule has 112 valence electrons. The Morgan fingerprint density at radius 2 is 2.09 bits per heavy atom. The van der Waals surface area contributed by atoms with Crippen LogP contribution >= 0.6 is 11.3 Å². The first-order chi connectivity index (χ1) is 10.3. The van der Waals surface area contributed by atoms with Gasteiger partial charge in [-0.05, 0) is 24.3 Å². The largest absolute Gasteiger partial charge is 0.477 e. The fraction of sp³-hybridized carbons (Fsp3) is 0.0769. The number of nitriles is 1. The molecule has 0 radical (unpaired) electrons. The zero-order chi connectivity index (χ0) is 16.3. The van der Waals surface area contributed by atoms with E-state index in [9.17, 15) is 18.0 Å². The Kier molecular flexibility index (Phi) is 4.23. The number of hydrogen-bond acceptors (Lipinski definition) is 5. The van der Waals surface area contributed by atoms with E-state index in [0.717, 1.165) is 6.20 Å². The van der Waals surface area contributed by atoms with Gasteiger partial charge in [0, 0.05) is 11.1 Å². The van der Waals surface area contributed by atoms with Crippen molar-refractivity contribution in [3.8, 4) is 6.07 Å². The monoisotopic (exact) mass is 325 g/mol. The normalized spacial score (nSPS) is 11.5. The molecule has 0 spiro atoms. The van der Waals surface area contributed by atoms with E-state index >= 15 is 0 Å². The molecule has 2 aromatic rings. The quantitative estimate of drug-likeness (QED) is 0.935. The molecule has 0 aliphatic carbocycles. The van der Waals surface area contributed by atoms with Crippen molar-refractivity contribution in [1.82, 2.24) is 9.97 Å². The summed E-state index contributed by atoms with van der Waals surface area (Å²) in [6, 6.07) is 4.28. The first-order valence-corrected chi connectivity index (χ1v) is 6.48. The van der Waals surface area contributed by atoms with Crippen molar-refractivity contribution >= 4 is 29.5 Å². The molecule has 2 aromatic heterocycles. The van der Waals surface area contributed by atoms with Gasteiger partial charge in [-0.25, -0.2) is 14.8 Å². The fourth-order valence-electron chi connectivity index (χ4n) is 1.47. The third-order valence-electron chi connectivity index (χ3n) is 2.44. The zero-order valence-electron chi connectivity index (χ0n) is 10.6. The van der Waals surface area contributed by atoms with Gasteiger partial charge in [-0.3, -0.25) is 0 Å². The highest BCUT2D eigenvalue weighted by Crippen LogP contribution is 2.32. The van der Waals surface area contributed by atoms with Crippen LogP contribution in [0.4, 0.5) is 13.2 Å². The SMILES string of the molecule is N#Cc1ccc(C(=O)O)nc1C=Cc1cnc(C(F)(F)F)s1. The number of thiazole rings is 1. The van der Waals surface area contributed by atoms with Gasteiger partial charge in [0.2, 0.25) is 0 Å². The van der Waals surface area contributed by atoms with Crippen LogP contribution in [0, 0.1) is 11.3 Å². The maximum atomic E-state index is 12.4. The summed E-state index contributed by atoms with van der Waals surface area (Å²) in [5.74, 6) is -1.27. The predicted molar refractivity (Wildman–Crippen MR) is 72.0 cm³/mol. The lowest BCUT2D eigenvalue weighted by atomic mass is 10.1. The van der Waals surface area contributed by atoms with Gasteiger partial charge in [0.1, 0.15) is 11.8 Å². The lowest BCUT2D eigenvalue weighted by Crippen LogP contribution is -2.02. The van der Waals surface area contributed by atoms with Crippen LogP contribution in [-0.4, -0.2) is 21.0 Å². The molecule has 22 heavy (non-hydrogen) atoms. The van der Waals surface area contributed by atoms with Gasteiger partial charge in [-0.2, -0.15) is 18.4 Å². The average molecular weight is 325 g/mol. The Balaban J connectivity index is 2.33. The molecule has 2 heterocycles. The van der Waals surface area contributed by atoms with Crippen LogP contribution in [-0.2, 0) is 6.18 Å². The summed E-state index contributed by atoms with van der Waals surface area (Å²) in [4.78, 5) is 18.1. The topological polar surface area (TPSA) is 86.9 Å². The molecule has 0 saturated heterocycles. The molecule has 1 N–H and O–H groups in total. The minimum Gasteiger partial charge on any atom is -0.477 e. The Bertz CT molecular complexity index is 791. The molecule has 0 fully saturated rings. The van der Waals surface area contributed by atoms with E-state index in [0.29, 0.717) is 11.3 Å². The van der Waals surface area contributed by atoms with Crippen LogP contribution in [0.3, 0.4) is 0 Å². The van der Waals surface area contributed by atoms with Crippen molar-refractivity contribution in [2.24, 2.45) is 0 Å². The van der Waals surface area contributed by atoms with Gasteiger partial charge in [-0.15, -0.1) is 11.3 Å². The molecule has 0 atom stereocenters. The van der Waals surface area contributed by atoms with E-state index in [2.05, 4.69) is 9.97 Å². The van der Waals surface area contributed by atoms with Crippen LogP contribution in [0.2, 0.25) is 0 Å². The number of aromatic carboxylic acids is 1. The molecule has 0 unspecified atom stereocenters. The van der Waals surface area contributed by atoms with E-state index in [1.807, 2.05) is 6.07 Å². The zero-order valence-corrected chi connectivity index (χ0v) is 11.4. The van der Waals surface area contributed by atoms with Gasteiger partial charge in [0.25, 0.3) is 0 Å². The molecule has 0 aromatic carbocycles. The molecule has 0 amide bonds. The number of hydrogen-bond donors (Lipinski definition) is 1. The summed E-state index contributed by atoms with van der Waals surface area (Å²) in [5.41, 5.74) is -0.0925. The van der Waals surface area contributed by atoms with Crippen molar-refractivity contribution in [2.45, 2.75) is 6.18 Å². The highest BCUT2D eigenvalue weighted by atomic mass is 32.1. The Hall–Kier alpha value is -2.73. The Morgan fingerprint density at radius 1 is 1.36 bits per heavy atom. The highest BCUT2D eigenvalue weighted by Gasteiger charge is 2.34. The lowest BCUT2D eigenvalue weighted by molar-refractivity contribution is -0.137. The second-order valence-electron chi connectivity index (χ2n) is 3.95. The fourth-order valence-corrected chi connectivity index (χ4v) is 2.16. The third-order valence-corrected chi connectivity index (χ3v) is 3.44. The maximum absolute atomic E-state index is 12.4. The van der Waals surface area contributed by atoms with Gasteiger partial charge >= 0.3 is 12.1 Å². The molecule has 9 heteroatoms. The molecule has 2 rings (SSSR count). The van der Waals surface area contributed by atoms with Crippen molar-refractivity contribution in [2.75, 3.05) is 0 Å². The van der Waals surface area contributed by atoms with Gasteiger partial charge in [0.15, 0.2) is 5.01 Å². The number of carbonyl (C=O) groups is 1. The van der Waals surface area contributed by atoms with Crippen LogP contribution in [0.5, 0.6) is 0 Å². The lowest BCUT2D eigenvalue weighted by Gasteiger charge is -1.99. The van der Waals surface area contributed by atoms with E-state index in [1.54, 1.807) is 0 Å². The number of alkyl halides is 3. The number of rotatable bonds is 3. The summed E-state index contributed by atoms with van der Waals surface area (Å²) < 4.78 is 37.3. The standard InChI is InChI=1S/C13H6F3N3O2S/c14-13(15,16)12-18-6-8(22-12)2-4-9-7(5-17)1-3-10(19-9)11(20)21/h1-4,6H,(H,20,21). The van der Waals surface area contributed by atoms with E-state index in [1.165, 1.54) is 24.3 Å². The van der Waals surface area contributed by atoms with Crippen LogP contribution in [0.1, 0.15) is 31.6 Å². The van der Waals surface area contributed by atoms with Crippen molar-refractivity contribution in [3.63, 3.8) is 0 Å². The predicted octanol–water partition coefficient (Wildman–Crippen LogP) is 3.30. The number of aromatic nitrogens is 2. The minimum absolute atomic E-state index is 0.0596. The second-order valence-corrected chi connectivity index (χ2v) is 5.01. The summed E-state index contributed by atoms with van der Waals surface area (Å²) in [6.07, 6.45) is -0.909. The molecule has 5 nitrogen and oxygen atoms in total. The number of carboxylic acid groups (broad SMARTS) is 1. The van der Waals surface area contributed by atoms with Gasteiger partial charge in [0.05, 0.1) is 11.3 Å². The van der Waals surface area contributed by atoms with E-state index < -0.39 is 17.2 Å². The van der Waals surface area contributed by atoms with Crippen molar-refractivity contribution < 1.29 is 23.1 Å². The average Bonchev–Trinajstić information content (AvgIpc) is 2.93. The molecule has 0 aliphatic rings. The number of carboxylic acids is 1. The van der Waals surface area contributed by atoms with E-state index in [4.69, 9.17) is 10.4 Å². The van der Waals surface area contributed by atoms with Crippen molar-refractivity contribution in [3.05, 3.63) is 45.2 Å². The molecule has 0 aliphatic heterocycles. The van der Waals surface area contributed by atoms with Gasteiger partial charge < -0.3 is 5.11 Å². The van der Waals surface area contributed by atoms with E-state index in [-0.39, 0.29) is 21.8 Å². The first kappa shape index (κ1) is 15.7. The van der Waals surface area contributed by atoms with Crippen LogP contribution < -0.4 is 0 Å². The molecule has 0 bridgehead atoms. The minimum atomic E-state index is -4.52. The summed E-state index contributed by atoms with van der Waals surface area (Å²) >= 11 is 0.433. The maximum Gasteiger partial charge on any atom is 0.443 e. The molecular formula is C13H6F3N3O2S. The Morgan fingerprint density at radius 3 is 2.64 bits per heavy atom. The summed E-state index contributed by atoms with van der Waals surface area (Å²) in [5, 5.41) is 16.8. The smallest absolute Gasteiger partial charge is 0.443 e. The number of pyridine rings is 1. The number of nitrogens with zero attached hydrogens (tertiary/aromatic N) is 3. The molecule has 0 saturated carbocycles. The molecular weight excluding hydrogens is 319 g/mol. The summed E-state index contributed by atoms with van der Waals surface area (Å²) in [6.45, 7) is 0. The first-order valence-electron chi connectivity index (χ1n) is 5.67. The number of halogens is 3.